The molecule has 1 aliphatic carbocycles. The molecule has 0 bridgehead atoms. The molecule has 1 saturated carbocycles. The van der Waals surface area contributed by atoms with Crippen LogP contribution in [-0.4, -0.2) is 61.7 Å². The molecule has 0 spiro atoms. The van der Waals surface area contributed by atoms with Crippen molar-refractivity contribution in [1.82, 2.24) is 15.1 Å². The van der Waals surface area contributed by atoms with E-state index in [0.717, 1.165) is 18.6 Å². The highest BCUT2D eigenvalue weighted by Crippen LogP contribution is 2.26. The minimum absolute atomic E-state index is 0.684. The zero-order valence-electron chi connectivity index (χ0n) is 11.8. The number of nitrogens with one attached hydrogen (secondary N) is 1. The van der Waals surface area contributed by atoms with Crippen molar-refractivity contribution < 1.29 is 0 Å². The Morgan fingerprint density at radius 2 is 2.00 bits per heavy atom. The molecule has 1 N–H and O–H groups in total. The zero-order chi connectivity index (χ0) is 12.3. The molecule has 3 heteroatoms. The van der Waals surface area contributed by atoms with Crippen LogP contribution >= 0.6 is 0 Å². The SMILES string of the molecule is CC(CNC1CCCN(C)CC1)N(C)C1CC1. The maximum atomic E-state index is 3.78. The second-order valence-corrected chi connectivity index (χ2v) is 6.09. The highest BCUT2D eigenvalue weighted by atomic mass is 15.2. The molecule has 0 aromatic carbocycles. The van der Waals surface area contributed by atoms with E-state index in [2.05, 4.69) is 36.1 Å². The first kappa shape index (κ1) is 13.3. The molecule has 0 aromatic heterocycles. The summed E-state index contributed by atoms with van der Waals surface area (Å²) in [7, 11) is 4.52. The summed E-state index contributed by atoms with van der Waals surface area (Å²) < 4.78 is 0. The lowest BCUT2D eigenvalue weighted by Crippen LogP contribution is -2.42. The van der Waals surface area contributed by atoms with Gasteiger partial charge in [0, 0.05) is 24.7 Å². The fourth-order valence-corrected chi connectivity index (χ4v) is 2.77. The third-order valence-electron chi connectivity index (χ3n) is 4.47. The first-order valence-electron chi connectivity index (χ1n) is 7.30. The van der Waals surface area contributed by atoms with Gasteiger partial charge in [-0.25, -0.2) is 0 Å². The van der Waals surface area contributed by atoms with Gasteiger partial charge in [0.25, 0.3) is 0 Å². The lowest BCUT2D eigenvalue weighted by molar-refractivity contribution is 0.233. The minimum atomic E-state index is 0.684. The van der Waals surface area contributed by atoms with E-state index in [-0.39, 0.29) is 0 Å². The number of likely N-dealkylation sites (N-methyl/N-ethyl adjacent to an activating group) is 1. The Labute approximate surface area is 107 Å². The molecule has 2 aliphatic rings. The molecule has 0 radical (unpaired) electrons. The van der Waals surface area contributed by atoms with E-state index in [4.69, 9.17) is 0 Å². The molecule has 100 valence electrons. The van der Waals surface area contributed by atoms with Crippen molar-refractivity contribution in [1.29, 1.82) is 0 Å². The second kappa shape index (κ2) is 6.17. The number of nitrogens with zero attached hydrogens (tertiary/aromatic N) is 2. The van der Waals surface area contributed by atoms with Crippen LogP contribution < -0.4 is 5.32 Å². The van der Waals surface area contributed by atoms with E-state index in [1.165, 1.54) is 45.2 Å². The minimum Gasteiger partial charge on any atom is -0.312 e. The van der Waals surface area contributed by atoms with E-state index in [0.29, 0.717) is 6.04 Å². The third kappa shape index (κ3) is 4.23. The van der Waals surface area contributed by atoms with Crippen LogP contribution in [-0.2, 0) is 0 Å². The monoisotopic (exact) mass is 239 g/mol. The van der Waals surface area contributed by atoms with Crippen molar-refractivity contribution in [3.8, 4) is 0 Å². The van der Waals surface area contributed by atoms with Gasteiger partial charge in [-0.3, -0.25) is 4.90 Å². The van der Waals surface area contributed by atoms with Crippen molar-refractivity contribution in [2.24, 2.45) is 0 Å². The van der Waals surface area contributed by atoms with Crippen molar-refractivity contribution in [3.63, 3.8) is 0 Å². The van der Waals surface area contributed by atoms with Gasteiger partial charge in [0.05, 0.1) is 0 Å². The van der Waals surface area contributed by atoms with Crippen LogP contribution in [0, 0.1) is 0 Å². The maximum Gasteiger partial charge on any atom is 0.0192 e. The van der Waals surface area contributed by atoms with E-state index < -0.39 is 0 Å². The van der Waals surface area contributed by atoms with E-state index in [9.17, 15) is 0 Å². The fraction of sp³-hybridized carbons (Fsp3) is 1.00. The largest absolute Gasteiger partial charge is 0.312 e. The van der Waals surface area contributed by atoms with Gasteiger partial charge in [0.15, 0.2) is 0 Å². The van der Waals surface area contributed by atoms with Crippen LogP contribution in [0.5, 0.6) is 0 Å². The predicted octanol–water partition coefficient (Wildman–Crippen LogP) is 1.54. The maximum absolute atomic E-state index is 3.78. The van der Waals surface area contributed by atoms with Crippen LogP contribution in [0.2, 0.25) is 0 Å². The lowest BCUT2D eigenvalue weighted by atomic mass is 10.1. The van der Waals surface area contributed by atoms with Crippen molar-refractivity contribution in [2.75, 3.05) is 33.7 Å². The van der Waals surface area contributed by atoms with Crippen molar-refractivity contribution in [2.45, 2.75) is 57.2 Å². The first-order valence-corrected chi connectivity index (χ1v) is 7.30. The lowest BCUT2D eigenvalue weighted by Gasteiger charge is -2.27. The smallest absolute Gasteiger partial charge is 0.0192 e. The molecule has 0 amide bonds. The highest BCUT2D eigenvalue weighted by molar-refractivity contribution is 4.86. The van der Waals surface area contributed by atoms with Gasteiger partial charge in [-0.05, 0) is 66.2 Å². The van der Waals surface area contributed by atoms with Crippen molar-refractivity contribution >= 4 is 0 Å². The molecule has 0 aromatic rings. The molecular weight excluding hydrogens is 210 g/mol. The number of hydrogen-bond acceptors (Lipinski definition) is 3. The van der Waals surface area contributed by atoms with Gasteiger partial charge in [-0.1, -0.05) is 0 Å². The topological polar surface area (TPSA) is 18.5 Å². The standard InChI is InChI=1S/C14H29N3/c1-12(17(3)14-6-7-14)11-15-13-5-4-9-16(2)10-8-13/h12-15H,4-11H2,1-3H3. The van der Waals surface area contributed by atoms with Gasteiger partial charge >= 0.3 is 0 Å². The van der Waals surface area contributed by atoms with Gasteiger partial charge in [0.2, 0.25) is 0 Å². The van der Waals surface area contributed by atoms with E-state index in [1.54, 1.807) is 0 Å². The van der Waals surface area contributed by atoms with Crippen LogP contribution in [0.3, 0.4) is 0 Å². The summed E-state index contributed by atoms with van der Waals surface area (Å²) in [6, 6.07) is 2.31. The Bertz CT molecular complexity index is 228. The van der Waals surface area contributed by atoms with Gasteiger partial charge < -0.3 is 10.2 Å². The molecular formula is C14H29N3. The van der Waals surface area contributed by atoms with E-state index >= 15 is 0 Å². The van der Waals surface area contributed by atoms with Crippen LogP contribution in [0.1, 0.15) is 39.0 Å². The van der Waals surface area contributed by atoms with Gasteiger partial charge in [-0.2, -0.15) is 0 Å². The fourth-order valence-electron chi connectivity index (χ4n) is 2.77. The van der Waals surface area contributed by atoms with Crippen LogP contribution in [0.25, 0.3) is 0 Å². The summed E-state index contributed by atoms with van der Waals surface area (Å²) in [6.07, 6.45) is 6.84. The number of hydrogen-bond donors (Lipinski definition) is 1. The van der Waals surface area contributed by atoms with E-state index in [1.807, 2.05) is 0 Å². The Hall–Kier alpha value is -0.120. The van der Waals surface area contributed by atoms with Gasteiger partial charge in [0.1, 0.15) is 0 Å². The first-order chi connectivity index (χ1) is 8.16. The summed E-state index contributed by atoms with van der Waals surface area (Å²) >= 11 is 0. The Balaban J connectivity index is 1.66. The average molecular weight is 239 g/mol. The Morgan fingerprint density at radius 1 is 1.24 bits per heavy atom. The van der Waals surface area contributed by atoms with Gasteiger partial charge in [-0.15, -0.1) is 0 Å². The highest BCUT2D eigenvalue weighted by Gasteiger charge is 2.29. The zero-order valence-corrected chi connectivity index (χ0v) is 11.8. The quantitative estimate of drug-likeness (QED) is 0.785. The average Bonchev–Trinajstić information content (AvgIpc) is 3.13. The number of likely N-dealkylation sites (tertiary alicyclic amines) is 1. The molecule has 1 aliphatic heterocycles. The number of rotatable bonds is 5. The van der Waals surface area contributed by atoms with Crippen LogP contribution in [0.15, 0.2) is 0 Å². The molecule has 2 fully saturated rings. The van der Waals surface area contributed by atoms with Crippen molar-refractivity contribution in [3.05, 3.63) is 0 Å². The predicted molar refractivity (Wildman–Crippen MR) is 73.4 cm³/mol. The Kier molecular flexibility index (Phi) is 4.83. The summed E-state index contributed by atoms with van der Waals surface area (Å²) in [4.78, 5) is 5.01. The normalized spacial score (nSPS) is 29.3. The Morgan fingerprint density at radius 3 is 2.71 bits per heavy atom. The summed E-state index contributed by atoms with van der Waals surface area (Å²) in [6.45, 7) is 6.04. The summed E-state index contributed by atoms with van der Waals surface area (Å²) in [5.41, 5.74) is 0. The third-order valence-corrected chi connectivity index (χ3v) is 4.47. The van der Waals surface area contributed by atoms with Crippen LogP contribution in [0.4, 0.5) is 0 Å². The molecule has 17 heavy (non-hydrogen) atoms. The molecule has 2 atom stereocenters. The molecule has 1 saturated heterocycles. The summed E-state index contributed by atoms with van der Waals surface area (Å²) in [5, 5.41) is 3.78. The molecule has 2 unspecified atom stereocenters. The molecule has 1 heterocycles. The second-order valence-electron chi connectivity index (χ2n) is 6.09. The molecule has 3 nitrogen and oxygen atoms in total. The molecule has 2 rings (SSSR count). The summed E-state index contributed by atoms with van der Waals surface area (Å²) in [5.74, 6) is 0.